The van der Waals surface area contributed by atoms with E-state index in [-0.39, 0.29) is 18.0 Å². The number of aliphatic hydroxyl groups is 1. The van der Waals surface area contributed by atoms with Crippen molar-refractivity contribution in [2.75, 3.05) is 6.54 Å². The summed E-state index contributed by atoms with van der Waals surface area (Å²) in [6, 6.07) is 2.45. The Morgan fingerprint density at radius 2 is 2.00 bits per heavy atom. The number of aliphatic hydroxyl groups excluding tert-OH is 1. The number of rotatable bonds is 6. The molecule has 1 rings (SSSR count). The highest BCUT2D eigenvalue weighted by Gasteiger charge is 2.37. The zero-order valence-corrected chi connectivity index (χ0v) is 12.7. The van der Waals surface area contributed by atoms with Crippen molar-refractivity contribution < 1.29 is 26.7 Å². The molecule has 1 unspecified atom stereocenters. The van der Waals surface area contributed by atoms with Gasteiger partial charge in [0, 0.05) is 11.6 Å². The largest absolute Gasteiger partial charge is 0.417 e. The van der Waals surface area contributed by atoms with Crippen LogP contribution in [0.25, 0.3) is 0 Å². The molecule has 0 saturated carbocycles. The molecule has 0 saturated heterocycles. The average molecular weight is 346 g/mol. The third kappa shape index (κ3) is 5.14. The Labute approximate surface area is 126 Å². The predicted molar refractivity (Wildman–Crippen MR) is 72.6 cm³/mol. The molecule has 0 bridgehead atoms. The topological polar surface area (TPSA) is 66.4 Å². The van der Waals surface area contributed by atoms with E-state index in [1.165, 1.54) is 0 Å². The van der Waals surface area contributed by atoms with Crippen LogP contribution in [0, 0.1) is 0 Å². The summed E-state index contributed by atoms with van der Waals surface area (Å²) in [7, 11) is -4.33. The van der Waals surface area contributed by atoms with E-state index in [1.807, 2.05) is 4.72 Å². The van der Waals surface area contributed by atoms with Crippen LogP contribution < -0.4 is 4.72 Å². The molecule has 0 aliphatic carbocycles. The van der Waals surface area contributed by atoms with Crippen LogP contribution in [0.15, 0.2) is 23.1 Å². The van der Waals surface area contributed by atoms with Gasteiger partial charge in [-0.25, -0.2) is 13.1 Å². The Morgan fingerprint density at radius 3 is 2.52 bits per heavy atom. The normalized spacial score (nSPS) is 14.2. The molecule has 0 spiro atoms. The summed E-state index contributed by atoms with van der Waals surface area (Å²) in [6.45, 7) is 1.55. The Morgan fingerprint density at radius 1 is 1.38 bits per heavy atom. The number of hydrogen-bond donors (Lipinski definition) is 2. The SMILES string of the molecule is CCC(O)CCNS(=O)(=O)c1ccc(Cl)cc1C(F)(F)F. The van der Waals surface area contributed by atoms with Gasteiger partial charge in [0.15, 0.2) is 0 Å². The molecular weight excluding hydrogens is 331 g/mol. The lowest BCUT2D eigenvalue weighted by molar-refractivity contribution is -0.139. The lowest BCUT2D eigenvalue weighted by Crippen LogP contribution is -2.29. The van der Waals surface area contributed by atoms with Gasteiger partial charge in [-0.2, -0.15) is 13.2 Å². The Bertz CT molecular complexity index is 590. The first-order chi connectivity index (χ1) is 9.58. The molecular formula is C12H15ClF3NO3S. The molecule has 0 heterocycles. The zero-order chi connectivity index (χ0) is 16.3. The second-order valence-corrected chi connectivity index (χ2v) is 6.56. The van der Waals surface area contributed by atoms with Gasteiger partial charge in [0.25, 0.3) is 0 Å². The lowest BCUT2D eigenvalue weighted by Gasteiger charge is -2.15. The van der Waals surface area contributed by atoms with Gasteiger partial charge in [-0.3, -0.25) is 0 Å². The lowest BCUT2D eigenvalue weighted by atomic mass is 10.2. The molecule has 1 aromatic rings. The molecule has 1 aromatic carbocycles. The summed E-state index contributed by atoms with van der Waals surface area (Å²) in [6.07, 6.45) is -5.00. The van der Waals surface area contributed by atoms with Crippen molar-refractivity contribution in [3.05, 3.63) is 28.8 Å². The minimum absolute atomic E-state index is 0.116. The summed E-state index contributed by atoms with van der Waals surface area (Å²) in [5.74, 6) is 0. The summed E-state index contributed by atoms with van der Waals surface area (Å²) in [4.78, 5) is -0.884. The molecule has 120 valence electrons. The van der Waals surface area contributed by atoms with Crippen LogP contribution in [0.5, 0.6) is 0 Å². The standard InChI is InChI=1S/C12H15ClF3NO3S/c1-2-9(18)5-6-17-21(19,20)11-4-3-8(13)7-10(11)12(14,15)16/h3-4,7,9,17-18H,2,5-6H2,1H3. The molecule has 0 aromatic heterocycles. The van der Waals surface area contributed by atoms with E-state index in [9.17, 15) is 26.7 Å². The van der Waals surface area contributed by atoms with E-state index in [2.05, 4.69) is 0 Å². The van der Waals surface area contributed by atoms with E-state index >= 15 is 0 Å². The average Bonchev–Trinajstić information content (AvgIpc) is 2.36. The van der Waals surface area contributed by atoms with Gasteiger partial charge < -0.3 is 5.11 Å². The van der Waals surface area contributed by atoms with Crippen LogP contribution in [0.1, 0.15) is 25.3 Å². The number of sulfonamides is 1. The van der Waals surface area contributed by atoms with Crippen molar-refractivity contribution in [2.45, 2.75) is 36.9 Å². The van der Waals surface area contributed by atoms with Gasteiger partial charge in [0.2, 0.25) is 10.0 Å². The molecule has 0 amide bonds. The first kappa shape index (κ1) is 18.2. The van der Waals surface area contributed by atoms with Crippen LogP contribution in [-0.4, -0.2) is 26.2 Å². The first-order valence-electron chi connectivity index (χ1n) is 6.12. The van der Waals surface area contributed by atoms with Gasteiger partial charge in [0.05, 0.1) is 16.6 Å². The summed E-state index contributed by atoms with van der Waals surface area (Å²) < 4.78 is 64.6. The van der Waals surface area contributed by atoms with E-state index in [4.69, 9.17) is 11.6 Å². The highest BCUT2D eigenvalue weighted by Crippen LogP contribution is 2.35. The molecule has 2 N–H and O–H groups in total. The van der Waals surface area contributed by atoms with E-state index in [1.54, 1.807) is 6.92 Å². The smallest absolute Gasteiger partial charge is 0.393 e. The van der Waals surface area contributed by atoms with Crippen molar-refractivity contribution >= 4 is 21.6 Å². The van der Waals surface area contributed by atoms with Crippen LogP contribution in [0.4, 0.5) is 13.2 Å². The van der Waals surface area contributed by atoms with Crippen molar-refractivity contribution in [3.8, 4) is 0 Å². The van der Waals surface area contributed by atoms with Crippen molar-refractivity contribution in [1.82, 2.24) is 4.72 Å². The number of hydrogen-bond acceptors (Lipinski definition) is 3. The second-order valence-electron chi connectivity index (χ2n) is 4.39. The summed E-state index contributed by atoms with van der Waals surface area (Å²) >= 11 is 5.49. The fraction of sp³-hybridized carbons (Fsp3) is 0.500. The summed E-state index contributed by atoms with van der Waals surface area (Å²) in [5, 5.41) is 9.11. The van der Waals surface area contributed by atoms with E-state index < -0.39 is 32.8 Å². The zero-order valence-electron chi connectivity index (χ0n) is 11.1. The molecule has 0 aliphatic rings. The second kappa shape index (κ2) is 6.95. The maximum Gasteiger partial charge on any atom is 0.417 e. The molecule has 0 radical (unpaired) electrons. The molecule has 0 aliphatic heterocycles. The number of halogens is 4. The summed E-state index contributed by atoms with van der Waals surface area (Å²) in [5.41, 5.74) is -1.32. The van der Waals surface area contributed by atoms with Crippen LogP contribution in [0.2, 0.25) is 5.02 Å². The van der Waals surface area contributed by atoms with Gasteiger partial charge in [-0.05, 0) is 31.0 Å². The quantitative estimate of drug-likeness (QED) is 0.833. The van der Waals surface area contributed by atoms with Crippen LogP contribution in [0.3, 0.4) is 0 Å². The van der Waals surface area contributed by atoms with Crippen LogP contribution in [-0.2, 0) is 16.2 Å². The van der Waals surface area contributed by atoms with Gasteiger partial charge in [-0.1, -0.05) is 18.5 Å². The molecule has 1 atom stereocenters. The molecule has 4 nitrogen and oxygen atoms in total. The highest BCUT2D eigenvalue weighted by molar-refractivity contribution is 7.89. The number of benzene rings is 1. The Balaban J connectivity index is 3.03. The van der Waals surface area contributed by atoms with Gasteiger partial charge >= 0.3 is 6.18 Å². The number of alkyl halides is 3. The third-order valence-electron chi connectivity index (χ3n) is 2.78. The highest BCUT2D eigenvalue weighted by atomic mass is 35.5. The maximum absolute atomic E-state index is 12.9. The fourth-order valence-electron chi connectivity index (χ4n) is 1.60. The third-order valence-corrected chi connectivity index (χ3v) is 4.53. The first-order valence-corrected chi connectivity index (χ1v) is 7.98. The minimum Gasteiger partial charge on any atom is -0.393 e. The molecule has 21 heavy (non-hydrogen) atoms. The maximum atomic E-state index is 12.9. The minimum atomic E-state index is -4.84. The van der Waals surface area contributed by atoms with Gasteiger partial charge in [-0.15, -0.1) is 0 Å². The fourth-order valence-corrected chi connectivity index (χ4v) is 3.03. The monoisotopic (exact) mass is 345 g/mol. The molecule has 9 heteroatoms. The van der Waals surface area contributed by atoms with Crippen molar-refractivity contribution in [1.29, 1.82) is 0 Å². The van der Waals surface area contributed by atoms with Gasteiger partial charge in [0.1, 0.15) is 0 Å². The predicted octanol–water partition coefficient (Wildman–Crippen LogP) is 2.80. The van der Waals surface area contributed by atoms with E-state index in [0.29, 0.717) is 12.5 Å². The Hall–Kier alpha value is -0.830. The molecule has 0 fully saturated rings. The van der Waals surface area contributed by atoms with Crippen LogP contribution >= 0.6 is 11.6 Å². The Kier molecular flexibility index (Phi) is 6.03. The van der Waals surface area contributed by atoms with Crippen molar-refractivity contribution in [2.24, 2.45) is 0 Å². The van der Waals surface area contributed by atoms with E-state index in [0.717, 1.165) is 12.1 Å². The van der Waals surface area contributed by atoms with Crippen molar-refractivity contribution in [3.63, 3.8) is 0 Å². The number of nitrogens with one attached hydrogen (secondary N) is 1.